The fourth-order valence-corrected chi connectivity index (χ4v) is 3.09. The van der Waals surface area contributed by atoms with E-state index in [-0.39, 0.29) is 24.3 Å². The van der Waals surface area contributed by atoms with Gasteiger partial charge in [-0.3, -0.25) is 25.0 Å². The van der Waals surface area contributed by atoms with Crippen molar-refractivity contribution in [2.75, 3.05) is 11.1 Å². The molecule has 43 heavy (non-hydrogen) atoms. The molecule has 1 amide bonds. The van der Waals surface area contributed by atoms with Crippen molar-refractivity contribution in [3.05, 3.63) is 128 Å². The van der Waals surface area contributed by atoms with E-state index >= 15 is 0 Å². The van der Waals surface area contributed by atoms with Crippen LogP contribution < -0.4 is 22.0 Å². The summed E-state index contributed by atoms with van der Waals surface area (Å²) in [6.07, 6.45) is 0. The molecule has 0 aromatic heterocycles. The predicted molar refractivity (Wildman–Crippen MR) is 164 cm³/mol. The van der Waals surface area contributed by atoms with Gasteiger partial charge >= 0.3 is 75.9 Å². The molecule has 0 aliphatic carbocycles. The van der Waals surface area contributed by atoms with Crippen LogP contribution in [0.5, 0.6) is 0 Å². The number of hydrogen-bond donors (Lipinski definition) is 4. The van der Waals surface area contributed by atoms with Crippen LogP contribution in [0.4, 0.5) is 22.7 Å². The Bertz CT molecular complexity index is 1540. The smallest absolute Gasteiger partial charge is 0.423 e. The molecule has 0 saturated carbocycles. The first-order valence-corrected chi connectivity index (χ1v) is 12.1. The van der Waals surface area contributed by atoms with Gasteiger partial charge in [-0.1, -0.05) is 19.6 Å². The molecule has 13 nitrogen and oxygen atoms in total. The third-order valence-electron chi connectivity index (χ3n) is 5.18. The van der Waals surface area contributed by atoms with E-state index in [9.17, 15) is 34.5 Å². The molecule has 0 aliphatic rings. The van der Waals surface area contributed by atoms with Crippen LogP contribution in [0.25, 0.3) is 0 Å². The van der Waals surface area contributed by atoms with Crippen molar-refractivity contribution in [3.63, 3.8) is 0 Å². The molecule has 0 spiro atoms. The number of nitrogens with two attached hydrogens (primary N) is 1. The molecule has 0 fully saturated rings. The summed E-state index contributed by atoms with van der Waals surface area (Å²) in [5, 5.41) is 40.6. The van der Waals surface area contributed by atoms with Gasteiger partial charge in [0.1, 0.15) is 0 Å². The van der Waals surface area contributed by atoms with Crippen LogP contribution in [0.2, 0.25) is 0 Å². The SMILES string of the molecule is C.Nc1ccc([N+](=O)[O-])cc1.O=Bc1ccc(C(=O)Cl)cc1.O=C(Nc1ccc([N+](=O)[O-])cc1)c1ccc(B(O)O)cc1. The van der Waals surface area contributed by atoms with Gasteiger partial charge in [0, 0.05) is 41.2 Å². The van der Waals surface area contributed by atoms with Crippen molar-refractivity contribution >= 4 is 70.7 Å². The van der Waals surface area contributed by atoms with Gasteiger partial charge in [-0.2, -0.15) is 0 Å². The van der Waals surface area contributed by atoms with Crippen molar-refractivity contribution in [1.82, 2.24) is 0 Å². The Balaban J connectivity index is 0.000000354. The maximum Gasteiger partial charge on any atom is 0.488 e. The summed E-state index contributed by atoms with van der Waals surface area (Å²) in [7, 11) is -0.876. The number of anilines is 2. The standard InChI is InChI=1S/C13H11BN2O5.C7H4BClO2.C6H6N2O2.CH4/c17-13(9-1-3-10(4-2-9)14(18)19)15-11-5-7-12(8-6-11)16(20)21;9-7(10)5-1-3-6(8-11)4-2-5;7-5-1-3-6(4-2-5)8(9)10;/h1-8,18-19H,(H,15,17);1-4H;1-4H,7H2;1H4. The second-order valence-corrected chi connectivity index (χ2v) is 8.46. The van der Waals surface area contributed by atoms with E-state index in [2.05, 4.69) is 5.32 Å². The summed E-state index contributed by atoms with van der Waals surface area (Å²) < 4.78 is 10.2. The first-order chi connectivity index (χ1) is 19.9. The number of carbonyl (C=O) groups is 2. The van der Waals surface area contributed by atoms with Crippen LogP contribution in [0.15, 0.2) is 97.1 Å². The molecule has 4 aromatic carbocycles. The first kappa shape index (κ1) is 35.8. The van der Waals surface area contributed by atoms with Crippen molar-refractivity contribution in [2.45, 2.75) is 7.43 Å². The first-order valence-electron chi connectivity index (χ1n) is 11.7. The molecule has 16 heteroatoms. The van der Waals surface area contributed by atoms with E-state index in [0.717, 1.165) is 0 Å². The van der Waals surface area contributed by atoms with E-state index in [1.807, 2.05) is 0 Å². The number of non-ortho nitro benzene ring substituents is 2. The van der Waals surface area contributed by atoms with Crippen LogP contribution in [0, 0.1) is 20.2 Å². The van der Waals surface area contributed by atoms with Gasteiger partial charge in [-0.25, -0.2) is 0 Å². The van der Waals surface area contributed by atoms with Gasteiger partial charge in [-0.05, 0) is 41.9 Å². The summed E-state index contributed by atoms with van der Waals surface area (Å²) in [5.41, 5.74) is 7.81. The summed E-state index contributed by atoms with van der Waals surface area (Å²) in [6.45, 7) is 0. The minimum atomic E-state index is -1.59. The van der Waals surface area contributed by atoms with E-state index in [4.69, 9.17) is 27.4 Å². The number of carbonyl (C=O) groups excluding carboxylic acids is 2. The molecule has 0 atom stereocenters. The second kappa shape index (κ2) is 17.5. The van der Waals surface area contributed by atoms with Crippen LogP contribution in [-0.2, 0) is 4.70 Å². The van der Waals surface area contributed by atoms with E-state index in [1.165, 1.54) is 84.9 Å². The average molecular weight is 607 g/mol. The van der Waals surface area contributed by atoms with Gasteiger partial charge in [0.15, 0.2) is 0 Å². The van der Waals surface area contributed by atoms with Crippen LogP contribution in [-0.4, -0.2) is 45.3 Å². The van der Waals surface area contributed by atoms with Crippen molar-refractivity contribution in [1.29, 1.82) is 0 Å². The van der Waals surface area contributed by atoms with Crippen LogP contribution >= 0.6 is 11.6 Å². The molecule has 4 aromatic rings. The molecule has 0 aliphatic heterocycles. The summed E-state index contributed by atoms with van der Waals surface area (Å²) in [4.78, 5) is 42.1. The fraction of sp³-hybridized carbons (Fsp3) is 0.0370. The molecule has 0 saturated heterocycles. The molecule has 220 valence electrons. The van der Waals surface area contributed by atoms with Crippen molar-refractivity contribution < 1.29 is 34.2 Å². The number of nitrogen functional groups attached to an aromatic ring is 1. The Morgan fingerprint density at radius 1 is 0.767 bits per heavy atom. The van der Waals surface area contributed by atoms with Crippen LogP contribution in [0.3, 0.4) is 0 Å². The Morgan fingerprint density at radius 2 is 1.21 bits per heavy atom. The van der Waals surface area contributed by atoms with E-state index in [0.29, 0.717) is 35.1 Å². The van der Waals surface area contributed by atoms with Crippen LogP contribution in [0.1, 0.15) is 28.1 Å². The number of hydrogen-bond acceptors (Lipinski definition) is 10. The number of halogens is 1. The maximum atomic E-state index is 11.9. The summed E-state index contributed by atoms with van der Waals surface area (Å²) in [6, 6.07) is 23.1. The molecule has 0 heterocycles. The normalized spacial score (nSPS) is 9.28. The molecule has 5 N–H and O–H groups in total. The van der Waals surface area contributed by atoms with E-state index < -0.39 is 28.1 Å². The Labute approximate surface area is 251 Å². The minimum absolute atomic E-state index is 0. The van der Waals surface area contributed by atoms with Gasteiger partial charge in [0.05, 0.1) is 9.85 Å². The monoisotopic (exact) mass is 606 g/mol. The fourth-order valence-electron chi connectivity index (χ4n) is 2.97. The largest absolute Gasteiger partial charge is 0.488 e. The van der Waals surface area contributed by atoms with Gasteiger partial charge in [0.2, 0.25) is 0 Å². The zero-order chi connectivity index (χ0) is 31.2. The molecule has 0 radical (unpaired) electrons. The Hall–Kier alpha value is -5.24. The molecule has 4 rings (SSSR count). The Kier molecular flexibility index (Phi) is 14.6. The van der Waals surface area contributed by atoms with E-state index in [1.54, 1.807) is 12.1 Å². The number of rotatable bonds is 7. The topological polar surface area (TPSA) is 216 Å². The summed E-state index contributed by atoms with van der Waals surface area (Å²) >= 11 is 5.17. The van der Waals surface area contributed by atoms with Crippen molar-refractivity contribution in [2.24, 2.45) is 0 Å². The number of nitrogens with one attached hydrogen (secondary N) is 1. The Morgan fingerprint density at radius 3 is 1.60 bits per heavy atom. The molecular formula is C27H25B2ClN4O9. The zero-order valence-corrected chi connectivity index (χ0v) is 22.3. The molecule has 0 unspecified atom stereocenters. The predicted octanol–water partition coefficient (Wildman–Crippen LogP) is 3.08. The minimum Gasteiger partial charge on any atom is -0.423 e. The van der Waals surface area contributed by atoms with Crippen molar-refractivity contribution in [3.8, 4) is 0 Å². The van der Waals surface area contributed by atoms with Gasteiger partial charge < -0.3 is 21.1 Å². The quantitative estimate of drug-likeness (QED) is 0.0792. The number of amides is 1. The summed E-state index contributed by atoms with van der Waals surface area (Å²) in [5.74, 6) is -0.400. The molecule has 0 bridgehead atoms. The average Bonchev–Trinajstić information content (AvgIpc) is 2.98. The van der Waals surface area contributed by atoms with Gasteiger partial charge in [-0.15, -0.1) is 0 Å². The van der Waals surface area contributed by atoms with Gasteiger partial charge in [0.25, 0.3) is 17.3 Å². The zero-order valence-electron chi connectivity index (χ0n) is 21.5. The maximum absolute atomic E-state index is 11.9. The molecular weight excluding hydrogens is 581 g/mol. The second-order valence-electron chi connectivity index (χ2n) is 8.12. The number of nitrogens with zero attached hydrogens (tertiary/aromatic N) is 2. The number of nitro groups is 2. The third kappa shape index (κ3) is 12.0. The third-order valence-corrected chi connectivity index (χ3v) is 5.40. The number of nitro benzene ring substituents is 2. The number of benzene rings is 4.